The molecule has 0 aliphatic rings. The van der Waals surface area contributed by atoms with E-state index in [1.165, 1.54) is 0 Å². The molecule has 0 fully saturated rings. The molecule has 0 radical (unpaired) electrons. The van der Waals surface area contributed by atoms with Gasteiger partial charge in [0.1, 0.15) is 18.6 Å². The Morgan fingerprint density at radius 1 is 1.42 bits per heavy atom. The number of anilines is 1. The summed E-state index contributed by atoms with van der Waals surface area (Å²) in [6.45, 7) is 0.343. The Morgan fingerprint density at radius 3 is 2.74 bits per heavy atom. The lowest BCUT2D eigenvalue weighted by atomic mass is 10.3. The maximum atomic E-state index is 5.78. The number of rotatable bonds is 4. The molecule has 100 valence electrons. The second-order valence-corrected chi connectivity index (χ2v) is 3.89. The van der Waals surface area contributed by atoms with Crippen molar-refractivity contribution in [3.63, 3.8) is 0 Å². The lowest BCUT2D eigenvalue weighted by Gasteiger charge is -2.06. The molecule has 2 aromatic rings. The van der Waals surface area contributed by atoms with Gasteiger partial charge < -0.3 is 15.8 Å². The summed E-state index contributed by atoms with van der Waals surface area (Å²) in [5.41, 5.74) is 6.62. The van der Waals surface area contributed by atoms with Gasteiger partial charge in [0.2, 0.25) is 0 Å². The summed E-state index contributed by atoms with van der Waals surface area (Å²) in [6.07, 6.45) is 1.62. The van der Waals surface area contributed by atoms with E-state index in [1.54, 1.807) is 25.2 Å². The first-order chi connectivity index (χ1) is 9.17. The van der Waals surface area contributed by atoms with Gasteiger partial charge in [0.25, 0.3) is 0 Å². The van der Waals surface area contributed by atoms with Crippen molar-refractivity contribution in [2.24, 2.45) is 17.8 Å². The quantitative estimate of drug-likeness (QED) is 0.625. The minimum Gasteiger partial charge on any atom is -0.497 e. The fourth-order valence-corrected chi connectivity index (χ4v) is 1.47. The smallest absolute Gasteiger partial charge is 0.193 e. The normalized spacial score (nSPS) is 11.4. The van der Waals surface area contributed by atoms with Crippen LogP contribution in [0.2, 0.25) is 0 Å². The predicted molar refractivity (Wildman–Crippen MR) is 72.9 cm³/mol. The Kier molecular flexibility index (Phi) is 3.97. The van der Waals surface area contributed by atoms with Crippen molar-refractivity contribution in [2.75, 3.05) is 12.4 Å². The molecule has 1 aromatic carbocycles. The molecule has 0 aliphatic carbocycles. The van der Waals surface area contributed by atoms with E-state index < -0.39 is 0 Å². The summed E-state index contributed by atoms with van der Waals surface area (Å²) in [5, 5.41) is 7.09. The number of nitrogens with zero attached hydrogens (tertiary/aromatic N) is 4. The Hall–Kier alpha value is -2.57. The van der Waals surface area contributed by atoms with Crippen LogP contribution in [-0.4, -0.2) is 27.8 Å². The van der Waals surface area contributed by atoms with Gasteiger partial charge in [-0.15, -0.1) is 0 Å². The van der Waals surface area contributed by atoms with Crippen LogP contribution in [0.1, 0.15) is 5.82 Å². The molecule has 0 saturated heterocycles. The number of guanidine groups is 1. The van der Waals surface area contributed by atoms with Crippen molar-refractivity contribution in [1.82, 2.24) is 14.8 Å². The van der Waals surface area contributed by atoms with Crippen LogP contribution in [0.25, 0.3) is 0 Å². The van der Waals surface area contributed by atoms with Crippen LogP contribution in [0.5, 0.6) is 5.75 Å². The van der Waals surface area contributed by atoms with Gasteiger partial charge in [0.15, 0.2) is 11.8 Å². The zero-order valence-electron chi connectivity index (χ0n) is 10.9. The number of ether oxygens (including phenoxy) is 1. The monoisotopic (exact) mass is 260 g/mol. The summed E-state index contributed by atoms with van der Waals surface area (Å²) in [4.78, 5) is 8.22. The molecule has 0 saturated carbocycles. The Morgan fingerprint density at radius 2 is 2.16 bits per heavy atom. The Balaban J connectivity index is 1.93. The standard InChI is InChI=1S/C12H16N6O/c1-18-8-15-11(17-18)7-14-12(13)16-9-3-5-10(19-2)6-4-9/h3-6,8H,7H2,1-2H3,(H3,13,14,16). The van der Waals surface area contributed by atoms with Crippen molar-refractivity contribution in [1.29, 1.82) is 0 Å². The predicted octanol–water partition coefficient (Wildman–Crippen LogP) is 0.750. The number of aliphatic imine (C=N–C) groups is 1. The van der Waals surface area contributed by atoms with E-state index in [0.717, 1.165) is 11.4 Å². The van der Waals surface area contributed by atoms with E-state index in [-0.39, 0.29) is 0 Å². The maximum Gasteiger partial charge on any atom is 0.193 e. The average Bonchev–Trinajstić information content (AvgIpc) is 2.83. The topological polar surface area (TPSA) is 90.4 Å². The molecule has 0 amide bonds. The fourth-order valence-electron chi connectivity index (χ4n) is 1.47. The zero-order valence-corrected chi connectivity index (χ0v) is 10.9. The lowest BCUT2D eigenvalue weighted by Crippen LogP contribution is -2.22. The van der Waals surface area contributed by atoms with Crippen molar-refractivity contribution < 1.29 is 4.74 Å². The summed E-state index contributed by atoms with van der Waals surface area (Å²) in [5.74, 6) is 1.73. The van der Waals surface area contributed by atoms with Gasteiger partial charge in [-0.05, 0) is 24.3 Å². The first-order valence-electron chi connectivity index (χ1n) is 5.73. The third kappa shape index (κ3) is 3.70. The van der Waals surface area contributed by atoms with E-state index in [0.29, 0.717) is 18.3 Å². The van der Waals surface area contributed by atoms with E-state index in [1.807, 2.05) is 24.3 Å². The number of methoxy groups -OCH3 is 1. The minimum atomic E-state index is 0.317. The lowest BCUT2D eigenvalue weighted by molar-refractivity contribution is 0.415. The number of nitrogens with one attached hydrogen (secondary N) is 1. The Bertz CT molecular complexity index is 560. The summed E-state index contributed by atoms with van der Waals surface area (Å²) < 4.78 is 6.70. The van der Waals surface area contributed by atoms with E-state index in [2.05, 4.69) is 20.4 Å². The first kappa shape index (κ1) is 12.9. The van der Waals surface area contributed by atoms with Gasteiger partial charge in [-0.2, -0.15) is 5.10 Å². The molecule has 1 aromatic heterocycles. The first-order valence-corrected chi connectivity index (χ1v) is 5.73. The fraction of sp³-hybridized carbons (Fsp3) is 0.250. The Labute approximate surface area is 111 Å². The second kappa shape index (κ2) is 5.85. The van der Waals surface area contributed by atoms with Crippen molar-refractivity contribution in [2.45, 2.75) is 6.54 Å². The highest BCUT2D eigenvalue weighted by Gasteiger charge is 1.99. The third-order valence-electron chi connectivity index (χ3n) is 2.40. The summed E-state index contributed by atoms with van der Waals surface area (Å²) in [7, 11) is 3.43. The molecule has 0 aliphatic heterocycles. The van der Waals surface area contributed by atoms with Crippen LogP contribution in [0, 0.1) is 0 Å². The minimum absolute atomic E-state index is 0.317. The van der Waals surface area contributed by atoms with Crippen molar-refractivity contribution >= 4 is 11.6 Å². The van der Waals surface area contributed by atoms with Crippen LogP contribution < -0.4 is 15.8 Å². The average molecular weight is 260 g/mol. The SMILES string of the molecule is COc1ccc(NC(N)=NCc2ncn(C)n2)cc1. The van der Waals surface area contributed by atoms with Gasteiger partial charge in [0, 0.05) is 12.7 Å². The molecule has 0 atom stereocenters. The number of aryl methyl sites for hydroxylation is 1. The zero-order chi connectivity index (χ0) is 13.7. The van der Waals surface area contributed by atoms with Crippen LogP contribution in [-0.2, 0) is 13.6 Å². The van der Waals surface area contributed by atoms with Gasteiger partial charge in [-0.25, -0.2) is 9.98 Å². The molecular formula is C12H16N6O. The largest absolute Gasteiger partial charge is 0.497 e. The van der Waals surface area contributed by atoms with Crippen LogP contribution in [0.4, 0.5) is 5.69 Å². The van der Waals surface area contributed by atoms with Gasteiger partial charge >= 0.3 is 0 Å². The number of benzene rings is 1. The molecule has 0 spiro atoms. The van der Waals surface area contributed by atoms with Gasteiger partial charge in [-0.1, -0.05) is 0 Å². The van der Waals surface area contributed by atoms with Crippen LogP contribution in [0.3, 0.4) is 0 Å². The number of hydrogen-bond acceptors (Lipinski definition) is 4. The maximum absolute atomic E-state index is 5.78. The molecular weight excluding hydrogens is 244 g/mol. The van der Waals surface area contributed by atoms with E-state index in [4.69, 9.17) is 10.5 Å². The summed E-state index contributed by atoms with van der Waals surface area (Å²) in [6, 6.07) is 7.41. The highest BCUT2D eigenvalue weighted by Crippen LogP contribution is 2.14. The van der Waals surface area contributed by atoms with Crippen molar-refractivity contribution in [3.05, 3.63) is 36.4 Å². The second-order valence-electron chi connectivity index (χ2n) is 3.89. The van der Waals surface area contributed by atoms with Gasteiger partial charge in [0.05, 0.1) is 7.11 Å². The van der Waals surface area contributed by atoms with E-state index in [9.17, 15) is 0 Å². The summed E-state index contributed by atoms with van der Waals surface area (Å²) >= 11 is 0. The highest BCUT2D eigenvalue weighted by molar-refractivity contribution is 5.92. The number of nitrogens with two attached hydrogens (primary N) is 1. The molecule has 0 bridgehead atoms. The van der Waals surface area contributed by atoms with Crippen molar-refractivity contribution in [3.8, 4) is 5.75 Å². The van der Waals surface area contributed by atoms with E-state index >= 15 is 0 Å². The van der Waals surface area contributed by atoms with Crippen LogP contribution >= 0.6 is 0 Å². The molecule has 19 heavy (non-hydrogen) atoms. The molecule has 7 heteroatoms. The molecule has 3 N–H and O–H groups in total. The highest BCUT2D eigenvalue weighted by atomic mass is 16.5. The third-order valence-corrected chi connectivity index (χ3v) is 2.40. The number of hydrogen-bond donors (Lipinski definition) is 2. The van der Waals surface area contributed by atoms with Gasteiger partial charge in [-0.3, -0.25) is 4.68 Å². The molecule has 1 heterocycles. The molecule has 0 unspecified atom stereocenters. The molecule has 2 rings (SSSR count). The van der Waals surface area contributed by atoms with Crippen LogP contribution in [0.15, 0.2) is 35.6 Å². The number of aromatic nitrogens is 3. The molecule has 7 nitrogen and oxygen atoms in total.